The highest BCUT2D eigenvalue weighted by molar-refractivity contribution is 6.51. The number of rotatable bonds is 7. The van der Waals surface area contributed by atoms with Crippen molar-refractivity contribution in [2.75, 3.05) is 7.11 Å². The number of fused-ring (bicyclic) bond motifs is 2. The summed E-state index contributed by atoms with van der Waals surface area (Å²) < 4.78 is 5.86. The molecular weight excluding hydrogens is 484 g/mol. The van der Waals surface area contributed by atoms with Crippen molar-refractivity contribution >= 4 is 32.7 Å². The summed E-state index contributed by atoms with van der Waals surface area (Å²) in [6.45, 7) is 11.2. The van der Waals surface area contributed by atoms with Gasteiger partial charge in [-0.3, -0.25) is 29.0 Å². The highest BCUT2D eigenvalue weighted by Crippen LogP contribution is 2.32. The molecule has 0 atom stereocenters. The molecule has 2 heterocycles. The van der Waals surface area contributed by atoms with Gasteiger partial charge in [0.1, 0.15) is 0 Å². The molecule has 2 aromatic rings. The average molecular weight is 521 g/mol. The fourth-order valence-electron chi connectivity index (χ4n) is 5.14. The highest BCUT2D eigenvalue weighted by atomic mass is 28.3. The molecular formula is C29H36N2O5Si. The minimum atomic E-state index is -1.56. The summed E-state index contributed by atoms with van der Waals surface area (Å²) in [4.78, 5) is 53.9. The summed E-state index contributed by atoms with van der Waals surface area (Å²) in [6.07, 6.45) is 1.54. The molecule has 0 spiro atoms. The topological polar surface area (TPSA) is 84.0 Å². The normalized spacial score (nSPS) is 15.8. The van der Waals surface area contributed by atoms with Gasteiger partial charge in [0, 0.05) is 18.2 Å². The first-order valence-electron chi connectivity index (χ1n) is 12.8. The zero-order valence-corrected chi connectivity index (χ0v) is 24.0. The molecule has 2 aliphatic heterocycles. The number of imide groups is 2. The Kier molecular flexibility index (Phi) is 7.03. The standard InChI is InChI=1S/C29H36N2O5Si/c1-28(2,3)30-24(32)20-10-8-18(16-22(20)26(30)34)12-14-37(36-7)15-13-19-9-11-21-23(17-19)27(35)31(25(21)33)29(4,5)6/h8-11,16-17,37H,12-15H2,1-7H3. The second kappa shape index (κ2) is 9.65. The van der Waals surface area contributed by atoms with Crippen molar-refractivity contribution in [3.8, 4) is 0 Å². The Bertz CT molecular complexity index is 1190. The lowest BCUT2D eigenvalue weighted by Gasteiger charge is -2.29. The lowest BCUT2D eigenvalue weighted by atomic mass is 10.0. The Hall–Kier alpha value is -3.10. The van der Waals surface area contributed by atoms with E-state index in [0.717, 1.165) is 36.1 Å². The minimum Gasteiger partial charge on any atom is -0.423 e. The van der Waals surface area contributed by atoms with Gasteiger partial charge < -0.3 is 4.43 Å². The summed E-state index contributed by atoms with van der Waals surface area (Å²) in [7, 11) is 0.189. The van der Waals surface area contributed by atoms with Crippen LogP contribution in [0.15, 0.2) is 36.4 Å². The first-order valence-corrected chi connectivity index (χ1v) is 14.9. The maximum Gasteiger partial charge on any atom is 0.262 e. The van der Waals surface area contributed by atoms with E-state index in [1.807, 2.05) is 65.8 Å². The molecule has 4 rings (SSSR count). The summed E-state index contributed by atoms with van der Waals surface area (Å²) in [6, 6.07) is 12.9. The lowest BCUT2D eigenvalue weighted by Crippen LogP contribution is -2.45. The zero-order valence-electron chi connectivity index (χ0n) is 22.8. The fourth-order valence-corrected chi connectivity index (χ4v) is 7.21. The average Bonchev–Trinajstić information content (AvgIpc) is 3.22. The van der Waals surface area contributed by atoms with Crippen LogP contribution in [0.1, 0.15) is 94.1 Å². The van der Waals surface area contributed by atoms with E-state index in [2.05, 4.69) is 0 Å². The van der Waals surface area contributed by atoms with E-state index in [9.17, 15) is 19.2 Å². The molecule has 0 N–H and O–H groups in total. The van der Waals surface area contributed by atoms with Gasteiger partial charge in [0.25, 0.3) is 23.6 Å². The maximum absolute atomic E-state index is 12.9. The van der Waals surface area contributed by atoms with Crippen LogP contribution in [0.3, 0.4) is 0 Å². The second-order valence-corrected chi connectivity index (χ2v) is 14.8. The molecule has 0 unspecified atom stereocenters. The Morgan fingerprint density at radius 3 is 1.30 bits per heavy atom. The summed E-state index contributed by atoms with van der Waals surface area (Å²) in [5.41, 5.74) is 2.81. The Labute approximate surface area is 220 Å². The van der Waals surface area contributed by atoms with Crippen LogP contribution < -0.4 is 0 Å². The largest absolute Gasteiger partial charge is 0.423 e. The number of carbonyl (C=O) groups excluding carboxylic acids is 4. The lowest BCUT2D eigenvalue weighted by molar-refractivity contribution is 0.0489. The molecule has 0 bridgehead atoms. The quantitative estimate of drug-likeness (QED) is 0.393. The van der Waals surface area contributed by atoms with Gasteiger partial charge in [0.2, 0.25) is 0 Å². The highest BCUT2D eigenvalue weighted by Gasteiger charge is 2.43. The third-order valence-corrected chi connectivity index (χ3v) is 9.62. The van der Waals surface area contributed by atoms with Crippen LogP contribution in [-0.4, -0.2) is 60.7 Å². The molecule has 0 fully saturated rings. The fraction of sp³-hybridized carbons (Fsp3) is 0.448. The molecule has 37 heavy (non-hydrogen) atoms. The predicted molar refractivity (Wildman–Crippen MR) is 145 cm³/mol. The van der Waals surface area contributed by atoms with Crippen molar-refractivity contribution in [3.63, 3.8) is 0 Å². The zero-order chi connectivity index (χ0) is 27.3. The van der Waals surface area contributed by atoms with Crippen LogP contribution in [0, 0.1) is 0 Å². The van der Waals surface area contributed by atoms with Gasteiger partial charge in [-0.15, -0.1) is 0 Å². The molecule has 196 valence electrons. The van der Waals surface area contributed by atoms with Gasteiger partial charge in [-0.25, -0.2) is 0 Å². The van der Waals surface area contributed by atoms with E-state index in [-0.39, 0.29) is 23.6 Å². The van der Waals surface area contributed by atoms with E-state index in [1.54, 1.807) is 19.2 Å². The SMILES string of the molecule is CO[SiH](CCc1ccc2c(c1)C(=O)N(C(C)(C)C)C2=O)CCc1ccc2c(c1)C(=O)N(C(C)(C)C)C2=O. The van der Waals surface area contributed by atoms with Crippen LogP contribution >= 0.6 is 0 Å². The van der Waals surface area contributed by atoms with Gasteiger partial charge in [-0.05, 0) is 102 Å². The van der Waals surface area contributed by atoms with Crippen molar-refractivity contribution in [1.82, 2.24) is 9.80 Å². The number of aryl methyl sites for hydroxylation is 2. The summed E-state index contributed by atoms with van der Waals surface area (Å²) in [5, 5.41) is 0. The number of benzene rings is 2. The number of amides is 4. The van der Waals surface area contributed by atoms with Crippen LogP contribution in [0.25, 0.3) is 0 Å². The monoisotopic (exact) mass is 520 g/mol. The molecule has 0 aliphatic carbocycles. The first kappa shape index (κ1) is 26.9. The maximum atomic E-state index is 12.9. The number of carbonyl (C=O) groups is 4. The third-order valence-electron chi connectivity index (χ3n) is 7.09. The van der Waals surface area contributed by atoms with E-state index in [0.29, 0.717) is 22.3 Å². The van der Waals surface area contributed by atoms with Crippen LogP contribution in [0.5, 0.6) is 0 Å². The predicted octanol–water partition coefficient (Wildman–Crippen LogP) is 4.63. The van der Waals surface area contributed by atoms with Crippen molar-refractivity contribution in [1.29, 1.82) is 0 Å². The van der Waals surface area contributed by atoms with Crippen molar-refractivity contribution in [2.24, 2.45) is 0 Å². The molecule has 4 amide bonds. The van der Waals surface area contributed by atoms with E-state index < -0.39 is 20.1 Å². The van der Waals surface area contributed by atoms with E-state index in [1.165, 1.54) is 9.80 Å². The molecule has 0 aromatic heterocycles. The van der Waals surface area contributed by atoms with E-state index >= 15 is 0 Å². The Morgan fingerprint density at radius 2 is 0.973 bits per heavy atom. The Morgan fingerprint density at radius 1 is 0.622 bits per heavy atom. The molecule has 2 aromatic carbocycles. The number of hydrogen-bond donors (Lipinski definition) is 0. The number of hydrogen-bond acceptors (Lipinski definition) is 5. The van der Waals surface area contributed by atoms with Gasteiger partial charge >= 0.3 is 0 Å². The molecule has 2 aliphatic rings. The molecule has 7 nitrogen and oxygen atoms in total. The smallest absolute Gasteiger partial charge is 0.262 e. The van der Waals surface area contributed by atoms with Gasteiger partial charge in [-0.2, -0.15) is 0 Å². The van der Waals surface area contributed by atoms with Gasteiger partial charge in [0.15, 0.2) is 9.04 Å². The van der Waals surface area contributed by atoms with E-state index in [4.69, 9.17) is 4.43 Å². The summed E-state index contributed by atoms with van der Waals surface area (Å²) in [5.74, 6) is -0.930. The molecule has 0 radical (unpaired) electrons. The molecule has 0 saturated carbocycles. The van der Waals surface area contributed by atoms with Crippen LogP contribution in [0.2, 0.25) is 12.1 Å². The minimum absolute atomic E-state index is 0.232. The van der Waals surface area contributed by atoms with Crippen LogP contribution in [-0.2, 0) is 17.3 Å². The summed E-state index contributed by atoms with van der Waals surface area (Å²) >= 11 is 0. The van der Waals surface area contributed by atoms with Gasteiger partial charge in [-0.1, -0.05) is 12.1 Å². The third kappa shape index (κ3) is 5.05. The first-order chi connectivity index (χ1) is 17.2. The van der Waals surface area contributed by atoms with Crippen molar-refractivity contribution in [3.05, 3.63) is 69.8 Å². The molecule has 8 heteroatoms. The second-order valence-electron chi connectivity index (χ2n) is 11.9. The number of nitrogens with zero attached hydrogens (tertiary/aromatic N) is 2. The van der Waals surface area contributed by atoms with Crippen molar-refractivity contribution in [2.45, 2.75) is 77.6 Å². The van der Waals surface area contributed by atoms with Gasteiger partial charge in [0.05, 0.1) is 22.3 Å². The Balaban J connectivity index is 1.39. The van der Waals surface area contributed by atoms with Crippen molar-refractivity contribution < 1.29 is 23.6 Å². The molecule has 0 saturated heterocycles. The van der Waals surface area contributed by atoms with Crippen LogP contribution in [0.4, 0.5) is 0 Å².